The van der Waals surface area contributed by atoms with E-state index >= 15 is 0 Å². The van der Waals surface area contributed by atoms with Crippen LogP contribution in [0.1, 0.15) is 36.0 Å². The molecule has 1 fully saturated rings. The molecule has 2 aromatic rings. The molecule has 0 spiro atoms. The first kappa shape index (κ1) is 19.9. The normalized spacial score (nSPS) is 16.6. The summed E-state index contributed by atoms with van der Waals surface area (Å²) in [6, 6.07) is 14.6. The second-order valence-electron chi connectivity index (χ2n) is 7.79. The van der Waals surface area contributed by atoms with Crippen LogP contribution in [-0.2, 0) is 4.79 Å². The van der Waals surface area contributed by atoms with Crippen molar-refractivity contribution in [2.24, 2.45) is 0 Å². The van der Waals surface area contributed by atoms with Crippen LogP contribution in [0.2, 0.25) is 0 Å². The largest absolute Gasteiger partial charge is 0.339 e. The first-order valence-electron chi connectivity index (χ1n) is 10.3. The van der Waals surface area contributed by atoms with Crippen LogP contribution in [-0.4, -0.2) is 30.4 Å². The third-order valence-electron chi connectivity index (χ3n) is 5.70. The molecule has 30 heavy (non-hydrogen) atoms. The summed E-state index contributed by atoms with van der Waals surface area (Å²) in [5.41, 5.74) is 4.17. The van der Waals surface area contributed by atoms with Crippen LogP contribution in [0, 0.1) is 24.1 Å². The number of carbonyl (C=O) groups is 1. The average Bonchev–Trinajstić information content (AvgIpc) is 2.79. The van der Waals surface area contributed by atoms with Gasteiger partial charge in [-0.1, -0.05) is 29.8 Å². The minimum atomic E-state index is -0.557. The van der Waals surface area contributed by atoms with Crippen molar-refractivity contribution in [3.05, 3.63) is 82.7 Å². The fourth-order valence-corrected chi connectivity index (χ4v) is 3.97. The number of hydrogen-bond donors (Lipinski definition) is 0. The first-order valence-corrected chi connectivity index (χ1v) is 10.3. The molecule has 1 saturated heterocycles. The lowest BCUT2D eigenvalue weighted by atomic mass is 10.00. The molecule has 152 valence electrons. The Kier molecular flexibility index (Phi) is 5.67. The molecule has 4 nitrogen and oxygen atoms in total. The number of rotatable bonds is 3. The number of amides is 1. The molecule has 0 atom stereocenters. The van der Waals surface area contributed by atoms with Crippen molar-refractivity contribution < 1.29 is 9.18 Å². The molecule has 0 aliphatic carbocycles. The van der Waals surface area contributed by atoms with Crippen LogP contribution >= 0.6 is 0 Å². The molecule has 0 N–H and O–H groups in total. The van der Waals surface area contributed by atoms with E-state index in [-0.39, 0.29) is 11.5 Å². The van der Waals surface area contributed by atoms with Gasteiger partial charge in [0.05, 0.1) is 5.56 Å². The SMILES string of the molecule is Cc1ccc(N2CC=C(C(=O)N3CCCCC3)C=C2c2ccc(C#N)c(F)c2)cc1. The Hall–Kier alpha value is -3.39. The Labute approximate surface area is 176 Å². The minimum absolute atomic E-state index is 0.0113. The third kappa shape index (κ3) is 3.99. The van der Waals surface area contributed by atoms with E-state index in [9.17, 15) is 9.18 Å². The van der Waals surface area contributed by atoms with Gasteiger partial charge in [-0.05, 0) is 56.5 Å². The maximum atomic E-state index is 14.4. The Morgan fingerprint density at radius 1 is 1.07 bits per heavy atom. The van der Waals surface area contributed by atoms with Crippen molar-refractivity contribution >= 4 is 17.3 Å². The molecule has 0 radical (unpaired) electrons. The van der Waals surface area contributed by atoms with Crippen molar-refractivity contribution in [1.29, 1.82) is 5.26 Å². The van der Waals surface area contributed by atoms with Gasteiger partial charge in [-0.2, -0.15) is 5.26 Å². The number of piperidine rings is 1. The number of nitriles is 1. The molecular formula is C25H24FN3O. The van der Waals surface area contributed by atoms with Crippen molar-refractivity contribution in [1.82, 2.24) is 4.90 Å². The Morgan fingerprint density at radius 2 is 1.80 bits per heavy atom. The lowest BCUT2D eigenvalue weighted by molar-refractivity contribution is -0.127. The predicted molar refractivity (Wildman–Crippen MR) is 116 cm³/mol. The van der Waals surface area contributed by atoms with Crippen LogP contribution in [0.5, 0.6) is 0 Å². The number of carbonyl (C=O) groups excluding carboxylic acids is 1. The summed E-state index contributed by atoms with van der Waals surface area (Å²) in [5, 5.41) is 9.06. The molecule has 1 amide bonds. The molecule has 5 heteroatoms. The highest BCUT2D eigenvalue weighted by molar-refractivity contribution is 6.00. The van der Waals surface area contributed by atoms with E-state index in [1.54, 1.807) is 6.07 Å². The molecule has 0 bridgehead atoms. The molecule has 2 aromatic carbocycles. The summed E-state index contributed by atoms with van der Waals surface area (Å²) in [5.74, 6) is -0.525. The maximum absolute atomic E-state index is 14.4. The Balaban J connectivity index is 1.73. The quantitative estimate of drug-likeness (QED) is 0.742. The summed E-state index contributed by atoms with van der Waals surface area (Å²) in [4.78, 5) is 17.0. The summed E-state index contributed by atoms with van der Waals surface area (Å²) in [6.07, 6.45) is 7.02. The van der Waals surface area contributed by atoms with E-state index in [0.717, 1.165) is 49.3 Å². The molecule has 2 aliphatic heterocycles. The lowest BCUT2D eigenvalue weighted by Crippen LogP contribution is -2.37. The summed E-state index contributed by atoms with van der Waals surface area (Å²) in [7, 11) is 0. The van der Waals surface area contributed by atoms with Gasteiger partial charge in [-0.3, -0.25) is 4.79 Å². The van der Waals surface area contributed by atoms with Gasteiger partial charge in [-0.25, -0.2) is 4.39 Å². The van der Waals surface area contributed by atoms with Crippen LogP contribution in [0.15, 0.2) is 60.2 Å². The van der Waals surface area contributed by atoms with Crippen molar-refractivity contribution in [2.75, 3.05) is 24.5 Å². The van der Waals surface area contributed by atoms with Crippen LogP contribution in [0.4, 0.5) is 10.1 Å². The van der Waals surface area contributed by atoms with E-state index in [0.29, 0.717) is 17.7 Å². The van der Waals surface area contributed by atoms with E-state index in [1.807, 2.05) is 54.3 Å². The molecule has 0 saturated carbocycles. The fraction of sp³-hybridized carbons (Fsp3) is 0.280. The molecule has 0 aromatic heterocycles. The van der Waals surface area contributed by atoms with Gasteiger partial charge in [0.2, 0.25) is 0 Å². The van der Waals surface area contributed by atoms with E-state index in [4.69, 9.17) is 5.26 Å². The van der Waals surface area contributed by atoms with Gasteiger partial charge in [0.25, 0.3) is 5.91 Å². The Bertz CT molecular complexity index is 1060. The molecule has 2 heterocycles. The number of anilines is 1. The van der Waals surface area contributed by atoms with Crippen LogP contribution in [0.3, 0.4) is 0 Å². The van der Waals surface area contributed by atoms with Gasteiger partial charge in [0, 0.05) is 42.2 Å². The Morgan fingerprint density at radius 3 is 2.47 bits per heavy atom. The monoisotopic (exact) mass is 401 g/mol. The van der Waals surface area contributed by atoms with Crippen molar-refractivity contribution in [3.63, 3.8) is 0 Å². The summed E-state index contributed by atoms with van der Waals surface area (Å²) >= 11 is 0. The average molecular weight is 401 g/mol. The van der Waals surface area contributed by atoms with E-state index in [1.165, 1.54) is 12.1 Å². The minimum Gasteiger partial charge on any atom is -0.339 e. The van der Waals surface area contributed by atoms with Gasteiger partial charge < -0.3 is 9.80 Å². The third-order valence-corrected chi connectivity index (χ3v) is 5.70. The number of benzene rings is 2. The fourth-order valence-electron chi connectivity index (χ4n) is 3.97. The van der Waals surface area contributed by atoms with Crippen LogP contribution in [0.25, 0.3) is 5.70 Å². The molecule has 2 aliphatic rings. The first-order chi connectivity index (χ1) is 14.6. The maximum Gasteiger partial charge on any atom is 0.253 e. The molecular weight excluding hydrogens is 377 g/mol. The smallest absolute Gasteiger partial charge is 0.253 e. The van der Waals surface area contributed by atoms with Crippen LogP contribution < -0.4 is 4.90 Å². The zero-order valence-corrected chi connectivity index (χ0v) is 17.1. The second-order valence-corrected chi connectivity index (χ2v) is 7.79. The topological polar surface area (TPSA) is 47.3 Å². The van der Waals surface area contributed by atoms with Crippen molar-refractivity contribution in [3.8, 4) is 6.07 Å². The van der Waals surface area contributed by atoms with E-state index in [2.05, 4.69) is 4.90 Å². The zero-order chi connectivity index (χ0) is 21.1. The van der Waals surface area contributed by atoms with Gasteiger partial charge in [-0.15, -0.1) is 0 Å². The van der Waals surface area contributed by atoms with Crippen molar-refractivity contribution in [2.45, 2.75) is 26.2 Å². The predicted octanol–water partition coefficient (Wildman–Crippen LogP) is 4.81. The molecule has 0 unspecified atom stereocenters. The van der Waals surface area contributed by atoms with E-state index < -0.39 is 5.82 Å². The van der Waals surface area contributed by atoms with Gasteiger partial charge in [0.15, 0.2) is 0 Å². The highest BCUT2D eigenvalue weighted by Crippen LogP contribution is 2.32. The van der Waals surface area contributed by atoms with Gasteiger partial charge in [0.1, 0.15) is 11.9 Å². The number of halogens is 1. The number of nitrogens with zero attached hydrogens (tertiary/aromatic N) is 3. The summed E-state index contributed by atoms with van der Waals surface area (Å²) < 4.78 is 14.4. The highest BCUT2D eigenvalue weighted by atomic mass is 19.1. The highest BCUT2D eigenvalue weighted by Gasteiger charge is 2.25. The van der Waals surface area contributed by atoms with Gasteiger partial charge >= 0.3 is 0 Å². The number of likely N-dealkylation sites (tertiary alicyclic amines) is 1. The molecule has 4 rings (SSSR count). The number of hydrogen-bond acceptors (Lipinski definition) is 3. The number of aryl methyl sites for hydroxylation is 1. The second kappa shape index (κ2) is 8.54. The zero-order valence-electron chi connectivity index (χ0n) is 17.1. The standard InChI is InChI=1S/C25H24FN3O/c1-18-5-9-22(10-6-18)29-14-11-20(25(30)28-12-3-2-4-13-28)16-24(29)19-7-8-21(17-27)23(26)15-19/h5-11,15-16H,2-4,12-14H2,1H3. The summed E-state index contributed by atoms with van der Waals surface area (Å²) in [6.45, 7) is 4.12. The lowest BCUT2D eigenvalue weighted by Gasteiger charge is -2.32.